The van der Waals surface area contributed by atoms with Crippen molar-refractivity contribution in [3.05, 3.63) is 34.9 Å². The Morgan fingerprint density at radius 3 is 2.71 bits per heavy atom. The zero-order valence-corrected chi connectivity index (χ0v) is 9.48. The van der Waals surface area contributed by atoms with Crippen LogP contribution in [0, 0.1) is 0 Å². The first kappa shape index (κ1) is 11.5. The van der Waals surface area contributed by atoms with Crippen molar-refractivity contribution < 1.29 is 0 Å². The fourth-order valence-corrected chi connectivity index (χ4v) is 1.67. The van der Waals surface area contributed by atoms with Crippen LogP contribution in [-0.2, 0) is 6.42 Å². The number of hydrogen-bond donors (Lipinski definition) is 1. The molecule has 2 heteroatoms. The quantitative estimate of drug-likeness (QED) is 0.713. The second kappa shape index (κ2) is 6.86. The van der Waals surface area contributed by atoms with Crippen molar-refractivity contribution >= 4 is 11.6 Å². The average Bonchev–Trinajstić information content (AvgIpc) is 2.20. The molecule has 0 spiro atoms. The van der Waals surface area contributed by atoms with Crippen molar-refractivity contribution in [1.82, 2.24) is 5.32 Å². The van der Waals surface area contributed by atoms with Crippen LogP contribution >= 0.6 is 11.6 Å². The number of unbranched alkanes of at least 4 members (excludes halogenated alkanes) is 1. The lowest BCUT2D eigenvalue weighted by atomic mass is 10.1. The van der Waals surface area contributed by atoms with Crippen molar-refractivity contribution in [3.8, 4) is 0 Å². The molecule has 0 saturated heterocycles. The molecule has 1 aromatic carbocycles. The van der Waals surface area contributed by atoms with Crippen LogP contribution in [0.3, 0.4) is 0 Å². The Hall–Kier alpha value is -0.530. The van der Waals surface area contributed by atoms with E-state index in [1.807, 2.05) is 18.2 Å². The van der Waals surface area contributed by atoms with Gasteiger partial charge in [-0.1, -0.05) is 36.7 Å². The van der Waals surface area contributed by atoms with Crippen LogP contribution in [0.15, 0.2) is 24.3 Å². The highest BCUT2D eigenvalue weighted by atomic mass is 35.5. The number of nitrogens with one attached hydrogen (secondary N) is 1. The summed E-state index contributed by atoms with van der Waals surface area (Å²) in [5.41, 5.74) is 1.27. The Kier molecular flexibility index (Phi) is 5.65. The van der Waals surface area contributed by atoms with E-state index in [0.29, 0.717) is 0 Å². The van der Waals surface area contributed by atoms with Crippen molar-refractivity contribution in [2.45, 2.75) is 26.2 Å². The lowest BCUT2D eigenvalue weighted by Gasteiger charge is -2.04. The average molecular weight is 212 g/mol. The molecule has 0 heterocycles. The largest absolute Gasteiger partial charge is 0.317 e. The van der Waals surface area contributed by atoms with Gasteiger partial charge >= 0.3 is 0 Å². The Morgan fingerprint density at radius 1 is 1.21 bits per heavy atom. The Balaban J connectivity index is 2.21. The van der Waals surface area contributed by atoms with Gasteiger partial charge in [0.2, 0.25) is 0 Å². The zero-order chi connectivity index (χ0) is 10.2. The number of rotatable bonds is 6. The van der Waals surface area contributed by atoms with E-state index < -0.39 is 0 Å². The maximum Gasteiger partial charge on any atom is 0.0437 e. The third kappa shape index (κ3) is 4.12. The molecule has 1 aromatic rings. The summed E-state index contributed by atoms with van der Waals surface area (Å²) in [7, 11) is 0. The highest BCUT2D eigenvalue weighted by molar-refractivity contribution is 6.31. The lowest BCUT2D eigenvalue weighted by Crippen LogP contribution is -2.13. The maximum absolute atomic E-state index is 6.05. The van der Waals surface area contributed by atoms with Crippen molar-refractivity contribution in [2.24, 2.45) is 0 Å². The summed E-state index contributed by atoms with van der Waals surface area (Å²) >= 11 is 6.05. The molecule has 0 fully saturated rings. The van der Waals surface area contributed by atoms with Crippen molar-refractivity contribution in [3.63, 3.8) is 0 Å². The van der Waals surface area contributed by atoms with E-state index in [1.165, 1.54) is 18.4 Å². The predicted octanol–water partition coefficient (Wildman–Crippen LogP) is 3.27. The third-order valence-electron chi connectivity index (χ3n) is 2.26. The number of benzene rings is 1. The molecule has 1 nitrogen and oxygen atoms in total. The van der Waals surface area contributed by atoms with Crippen LogP contribution in [-0.4, -0.2) is 13.1 Å². The fourth-order valence-electron chi connectivity index (χ4n) is 1.44. The summed E-state index contributed by atoms with van der Waals surface area (Å²) in [4.78, 5) is 0. The maximum atomic E-state index is 6.05. The van der Waals surface area contributed by atoms with Gasteiger partial charge in [-0.3, -0.25) is 0 Å². The van der Waals surface area contributed by atoms with Gasteiger partial charge in [-0.05, 0) is 44.0 Å². The molecule has 0 aliphatic heterocycles. The number of halogens is 1. The van der Waals surface area contributed by atoms with E-state index in [2.05, 4.69) is 18.3 Å². The Labute approximate surface area is 91.5 Å². The molecule has 1 N–H and O–H groups in total. The molecule has 0 aromatic heterocycles. The fraction of sp³-hybridized carbons (Fsp3) is 0.500. The molecular weight excluding hydrogens is 194 g/mol. The van der Waals surface area contributed by atoms with Crippen LogP contribution < -0.4 is 5.32 Å². The number of aryl methyl sites for hydroxylation is 1. The molecule has 0 atom stereocenters. The van der Waals surface area contributed by atoms with E-state index in [9.17, 15) is 0 Å². The summed E-state index contributed by atoms with van der Waals surface area (Å²) in [6.45, 7) is 4.31. The highest BCUT2D eigenvalue weighted by Crippen LogP contribution is 2.16. The summed E-state index contributed by atoms with van der Waals surface area (Å²) in [6.07, 6.45) is 3.51. The monoisotopic (exact) mass is 211 g/mol. The minimum atomic E-state index is 0.899. The van der Waals surface area contributed by atoms with Gasteiger partial charge in [-0.15, -0.1) is 0 Å². The number of hydrogen-bond acceptors (Lipinski definition) is 1. The van der Waals surface area contributed by atoms with Gasteiger partial charge in [-0.2, -0.15) is 0 Å². The van der Waals surface area contributed by atoms with Crippen LogP contribution in [0.1, 0.15) is 25.3 Å². The molecule has 0 aliphatic carbocycles. The van der Waals surface area contributed by atoms with E-state index in [0.717, 1.165) is 24.5 Å². The molecule has 0 saturated carbocycles. The van der Waals surface area contributed by atoms with E-state index in [-0.39, 0.29) is 0 Å². The summed E-state index contributed by atoms with van der Waals surface area (Å²) in [5, 5.41) is 4.22. The van der Waals surface area contributed by atoms with Gasteiger partial charge in [0.1, 0.15) is 0 Å². The topological polar surface area (TPSA) is 12.0 Å². The molecule has 0 unspecified atom stereocenters. The van der Waals surface area contributed by atoms with Gasteiger partial charge < -0.3 is 5.32 Å². The molecule has 1 rings (SSSR count). The molecule has 0 bridgehead atoms. The molecule has 0 amide bonds. The Morgan fingerprint density at radius 2 is 2.00 bits per heavy atom. The normalized spacial score (nSPS) is 10.4. The Bertz CT molecular complexity index is 260. The van der Waals surface area contributed by atoms with Crippen LogP contribution in [0.25, 0.3) is 0 Å². The SMILES string of the molecule is CCNCCCCc1ccccc1Cl. The summed E-state index contributed by atoms with van der Waals surface area (Å²) < 4.78 is 0. The van der Waals surface area contributed by atoms with Crippen LogP contribution in [0.2, 0.25) is 5.02 Å². The van der Waals surface area contributed by atoms with Gasteiger partial charge in [0.15, 0.2) is 0 Å². The first-order valence-corrected chi connectivity index (χ1v) is 5.66. The van der Waals surface area contributed by atoms with Gasteiger partial charge in [-0.25, -0.2) is 0 Å². The molecule has 0 aliphatic rings. The minimum absolute atomic E-state index is 0.899. The second-order valence-corrected chi connectivity index (χ2v) is 3.81. The summed E-state index contributed by atoms with van der Waals surface area (Å²) in [6, 6.07) is 8.09. The molecule has 14 heavy (non-hydrogen) atoms. The smallest absolute Gasteiger partial charge is 0.0437 e. The van der Waals surface area contributed by atoms with Gasteiger partial charge in [0, 0.05) is 5.02 Å². The second-order valence-electron chi connectivity index (χ2n) is 3.40. The molecule has 78 valence electrons. The van der Waals surface area contributed by atoms with Gasteiger partial charge in [0.05, 0.1) is 0 Å². The summed E-state index contributed by atoms with van der Waals surface area (Å²) in [5.74, 6) is 0. The van der Waals surface area contributed by atoms with Crippen LogP contribution in [0.4, 0.5) is 0 Å². The van der Waals surface area contributed by atoms with E-state index >= 15 is 0 Å². The molecule has 0 radical (unpaired) electrons. The van der Waals surface area contributed by atoms with Gasteiger partial charge in [0.25, 0.3) is 0 Å². The van der Waals surface area contributed by atoms with E-state index in [4.69, 9.17) is 11.6 Å². The minimum Gasteiger partial charge on any atom is -0.317 e. The van der Waals surface area contributed by atoms with Crippen molar-refractivity contribution in [1.29, 1.82) is 0 Å². The first-order valence-electron chi connectivity index (χ1n) is 5.28. The van der Waals surface area contributed by atoms with Crippen molar-refractivity contribution in [2.75, 3.05) is 13.1 Å². The zero-order valence-electron chi connectivity index (χ0n) is 8.72. The predicted molar refractivity (Wildman–Crippen MR) is 62.9 cm³/mol. The first-order chi connectivity index (χ1) is 6.84. The lowest BCUT2D eigenvalue weighted by molar-refractivity contribution is 0.641. The molecular formula is C12H18ClN. The standard InChI is InChI=1S/C12H18ClN/c1-2-14-10-6-5-8-11-7-3-4-9-12(11)13/h3-4,7,9,14H,2,5-6,8,10H2,1H3. The van der Waals surface area contributed by atoms with E-state index in [1.54, 1.807) is 0 Å². The third-order valence-corrected chi connectivity index (χ3v) is 2.63. The van der Waals surface area contributed by atoms with Crippen LogP contribution in [0.5, 0.6) is 0 Å². The highest BCUT2D eigenvalue weighted by Gasteiger charge is 1.97.